The van der Waals surface area contributed by atoms with Crippen LogP contribution in [0.5, 0.6) is 5.75 Å². The molecule has 1 aliphatic heterocycles. The van der Waals surface area contributed by atoms with Crippen molar-refractivity contribution in [1.29, 1.82) is 0 Å². The molecule has 2 aromatic carbocycles. The second kappa shape index (κ2) is 6.28. The molecule has 0 radical (unpaired) electrons. The Morgan fingerprint density at radius 1 is 1.23 bits per heavy atom. The second-order valence-corrected chi connectivity index (χ2v) is 5.68. The van der Waals surface area contributed by atoms with E-state index < -0.39 is 4.92 Å². The molecule has 1 N–H and O–H groups in total. The Hall–Kier alpha value is -3.75. The standard InChI is InChI=1S/C17H14N6O3/c1-26-14-7-3-4-11(9-14)15-10-16(22-17(18-15)19-20-21-22)12-5-2-6-13(8-12)23(24)25/h2-10,16H,1H3,(H,18,19,21)/t16-/m0/s1. The van der Waals surface area contributed by atoms with Crippen molar-refractivity contribution in [2.75, 3.05) is 12.4 Å². The van der Waals surface area contributed by atoms with Crippen LogP contribution in [0.1, 0.15) is 17.2 Å². The van der Waals surface area contributed by atoms with E-state index in [1.54, 1.807) is 17.9 Å². The molecule has 3 aromatic rings. The first-order valence-corrected chi connectivity index (χ1v) is 7.81. The molecule has 0 amide bonds. The number of anilines is 1. The van der Waals surface area contributed by atoms with Crippen LogP contribution in [0.15, 0.2) is 54.6 Å². The van der Waals surface area contributed by atoms with Gasteiger partial charge in [0.2, 0.25) is 5.95 Å². The van der Waals surface area contributed by atoms with Gasteiger partial charge in [0.1, 0.15) is 11.8 Å². The van der Waals surface area contributed by atoms with Crippen LogP contribution in [0, 0.1) is 10.1 Å². The van der Waals surface area contributed by atoms with E-state index in [1.807, 2.05) is 36.4 Å². The molecule has 26 heavy (non-hydrogen) atoms. The Morgan fingerprint density at radius 3 is 2.88 bits per heavy atom. The number of nitro benzene ring substituents is 1. The number of aromatic nitrogens is 4. The van der Waals surface area contributed by atoms with Gasteiger partial charge < -0.3 is 10.1 Å². The highest BCUT2D eigenvalue weighted by molar-refractivity contribution is 5.77. The predicted molar refractivity (Wildman–Crippen MR) is 93.6 cm³/mol. The molecule has 2 heterocycles. The van der Waals surface area contributed by atoms with Crippen molar-refractivity contribution in [3.63, 3.8) is 0 Å². The molecule has 0 spiro atoms. The van der Waals surface area contributed by atoms with Gasteiger partial charge in [-0.1, -0.05) is 29.4 Å². The van der Waals surface area contributed by atoms with Crippen LogP contribution < -0.4 is 10.1 Å². The molecule has 9 nitrogen and oxygen atoms in total. The maximum atomic E-state index is 11.1. The van der Waals surface area contributed by atoms with Crippen molar-refractivity contribution in [2.24, 2.45) is 0 Å². The van der Waals surface area contributed by atoms with Gasteiger partial charge >= 0.3 is 0 Å². The molecule has 9 heteroatoms. The number of hydrogen-bond acceptors (Lipinski definition) is 7. The largest absolute Gasteiger partial charge is 0.497 e. The van der Waals surface area contributed by atoms with Crippen LogP contribution in [-0.2, 0) is 0 Å². The van der Waals surface area contributed by atoms with Crippen LogP contribution in [0.3, 0.4) is 0 Å². The number of non-ortho nitro benzene ring substituents is 1. The maximum absolute atomic E-state index is 11.1. The highest BCUT2D eigenvalue weighted by Crippen LogP contribution is 2.33. The Labute approximate surface area is 148 Å². The number of rotatable bonds is 4. The molecule has 1 aromatic heterocycles. The van der Waals surface area contributed by atoms with E-state index in [4.69, 9.17) is 4.74 Å². The molecule has 130 valence electrons. The zero-order chi connectivity index (χ0) is 18.1. The third-order valence-electron chi connectivity index (χ3n) is 4.13. The van der Waals surface area contributed by atoms with E-state index in [0.717, 1.165) is 22.6 Å². The first-order valence-electron chi connectivity index (χ1n) is 7.81. The number of ether oxygens (including phenoxy) is 1. The summed E-state index contributed by atoms with van der Waals surface area (Å²) in [6.45, 7) is 0. The van der Waals surface area contributed by atoms with Gasteiger partial charge in [-0.15, -0.1) is 0 Å². The first kappa shape index (κ1) is 15.8. The summed E-state index contributed by atoms with van der Waals surface area (Å²) >= 11 is 0. The van der Waals surface area contributed by atoms with Gasteiger partial charge in [0.15, 0.2) is 0 Å². The number of fused-ring (bicyclic) bond motifs is 1. The molecule has 0 unspecified atom stereocenters. The minimum absolute atomic E-state index is 0.0204. The van der Waals surface area contributed by atoms with Crippen LogP contribution >= 0.6 is 0 Å². The fraction of sp³-hybridized carbons (Fsp3) is 0.118. The summed E-state index contributed by atoms with van der Waals surface area (Å²) in [5, 5.41) is 26.0. The molecule has 0 aliphatic carbocycles. The average molecular weight is 350 g/mol. The fourth-order valence-electron chi connectivity index (χ4n) is 2.87. The van der Waals surface area contributed by atoms with Crippen molar-refractivity contribution >= 4 is 17.3 Å². The summed E-state index contributed by atoms with van der Waals surface area (Å²) in [5.41, 5.74) is 2.43. The van der Waals surface area contributed by atoms with Gasteiger partial charge in [-0.05, 0) is 34.2 Å². The Kier molecular flexibility index (Phi) is 3.81. The average Bonchev–Trinajstić information content (AvgIpc) is 3.16. The number of methoxy groups -OCH3 is 1. The van der Waals surface area contributed by atoms with Crippen LogP contribution in [0.2, 0.25) is 0 Å². The molecule has 4 rings (SSSR count). The summed E-state index contributed by atoms with van der Waals surface area (Å²) in [6, 6.07) is 13.6. The van der Waals surface area contributed by atoms with E-state index in [2.05, 4.69) is 20.8 Å². The van der Waals surface area contributed by atoms with Crippen LogP contribution in [0.4, 0.5) is 11.6 Å². The number of tetrazole rings is 1. The Morgan fingerprint density at radius 2 is 2.08 bits per heavy atom. The van der Waals surface area contributed by atoms with Gasteiger partial charge in [-0.3, -0.25) is 10.1 Å². The van der Waals surface area contributed by atoms with Crippen molar-refractivity contribution in [2.45, 2.75) is 6.04 Å². The molecule has 0 saturated carbocycles. The summed E-state index contributed by atoms with van der Waals surface area (Å²) in [6.07, 6.45) is 1.93. The van der Waals surface area contributed by atoms with Crippen molar-refractivity contribution in [1.82, 2.24) is 20.2 Å². The van der Waals surface area contributed by atoms with Crippen molar-refractivity contribution in [3.05, 3.63) is 75.8 Å². The molecule has 0 saturated heterocycles. The fourth-order valence-corrected chi connectivity index (χ4v) is 2.87. The van der Waals surface area contributed by atoms with Gasteiger partial charge in [0.05, 0.1) is 12.0 Å². The molecule has 1 atom stereocenters. The Bertz CT molecular complexity index is 1010. The van der Waals surface area contributed by atoms with E-state index >= 15 is 0 Å². The summed E-state index contributed by atoms with van der Waals surface area (Å²) < 4.78 is 6.86. The first-order chi connectivity index (χ1) is 12.7. The molecular formula is C17H14N6O3. The van der Waals surface area contributed by atoms with Gasteiger partial charge in [-0.25, -0.2) is 0 Å². The zero-order valence-corrected chi connectivity index (χ0v) is 13.7. The lowest BCUT2D eigenvalue weighted by Gasteiger charge is -2.23. The highest BCUT2D eigenvalue weighted by Gasteiger charge is 2.25. The molecule has 0 bridgehead atoms. The zero-order valence-electron chi connectivity index (χ0n) is 13.7. The number of hydrogen-bond donors (Lipinski definition) is 1. The van der Waals surface area contributed by atoms with Gasteiger partial charge in [-0.2, -0.15) is 4.68 Å². The number of nitro groups is 1. The number of nitrogens with one attached hydrogen (secondary N) is 1. The Balaban J connectivity index is 1.81. The van der Waals surface area contributed by atoms with E-state index in [1.165, 1.54) is 12.1 Å². The normalized spacial score (nSPS) is 15.6. The third-order valence-corrected chi connectivity index (χ3v) is 4.13. The second-order valence-electron chi connectivity index (χ2n) is 5.68. The molecule has 0 fully saturated rings. The molecular weight excluding hydrogens is 336 g/mol. The summed E-state index contributed by atoms with van der Waals surface area (Å²) in [5.74, 6) is 1.18. The van der Waals surface area contributed by atoms with Gasteiger partial charge in [0.25, 0.3) is 5.69 Å². The molecule has 1 aliphatic rings. The third kappa shape index (κ3) is 2.75. The van der Waals surface area contributed by atoms with E-state index in [0.29, 0.717) is 5.95 Å². The summed E-state index contributed by atoms with van der Waals surface area (Å²) in [4.78, 5) is 10.7. The minimum atomic E-state index is -0.419. The van der Waals surface area contributed by atoms with Gasteiger partial charge in [0, 0.05) is 23.4 Å². The monoisotopic (exact) mass is 350 g/mol. The minimum Gasteiger partial charge on any atom is -0.497 e. The lowest BCUT2D eigenvalue weighted by atomic mass is 10.0. The predicted octanol–water partition coefficient (Wildman–Crippen LogP) is 2.65. The lowest BCUT2D eigenvalue weighted by molar-refractivity contribution is -0.384. The highest BCUT2D eigenvalue weighted by atomic mass is 16.6. The number of allylic oxidation sites excluding steroid dienone is 1. The van der Waals surface area contributed by atoms with Crippen LogP contribution in [0.25, 0.3) is 5.70 Å². The summed E-state index contributed by atoms with van der Waals surface area (Å²) in [7, 11) is 1.61. The topological polar surface area (TPSA) is 108 Å². The van der Waals surface area contributed by atoms with Crippen molar-refractivity contribution in [3.8, 4) is 5.75 Å². The van der Waals surface area contributed by atoms with Crippen molar-refractivity contribution < 1.29 is 9.66 Å². The smallest absolute Gasteiger partial charge is 0.269 e. The number of nitrogens with zero attached hydrogens (tertiary/aromatic N) is 5. The van der Waals surface area contributed by atoms with E-state index in [-0.39, 0.29) is 11.7 Å². The lowest BCUT2D eigenvalue weighted by Crippen LogP contribution is -2.20. The van der Waals surface area contributed by atoms with Crippen LogP contribution in [-0.4, -0.2) is 32.2 Å². The van der Waals surface area contributed by atoms with E-state index in [9.17, 15) is 10.1 Å². The maximum Gasteiger partial charge on any atom is 0.269 e. The SMILES string of the molecule is COc1cccc(C2=C[C@@H](c3cccc([N+](=O)[O-])c3)n3nnnc3N2)c1. The number of benzene rings is 2. The quantitative estimate of drug-likeness (QED) is 0.569.